The molecule has 0 amide bonds. The summed E-state index contributed by atoms with van der Waals surface area (Å²) in [6.07, 6.45) is 2.81. The minimum Gasteiger partial charge on any atom is -0.435 e. The zero-order valence-electron chi connectivity index (χ0n) is 16.3. The lowest BCUT2D eigenvalue weighted by Crippen LogP contribution is -2.33. The van der Waals surface area contributed by atoms with E-state index in [-0.39, 0.29) is 17.7 Å². The van der Waals surface area contributed by atoms with Crippen LogP contribution in [0.4, 0.5) is 18.9 Å². The van der Waals surface area contributed by atoms with Crippen LogP contribution in [0.25, 0.3) is 5.69 Å². The van der Waals surface area contributed by atoms with Gasteiger partial charge >= 0.3 is 6.61 Å². The lowest BCUT2D eigenvalue weighted by atomic mass is 10.1. The standard InChI is InChI=1S/C21H20F3N5O2/c22-18-9-14(1-6-17(18)19-11-26-7-8-30-19)28-20(25)13-10-27-29(12-13)15-2-4-16(5-3-15)31-21(23)24/h1-6,9-10,12,19,21,26H,7-8,11H2,(H2,25,28)/t19-/m0/s1. The summed E-state index contributed by atoms with van der Waals surface area (Å²) in [5.41, 5.74) is 8.05. The van der Waals surface area contributed by atoms with Gasteiger partial charge in [-0.15, -0.1) is 0 Å². The Labute approximate surface area is 176 Å². The second-order valence-electron chi connectivity index (χ2n) is 6.81. The highest BCUT2D eigenvalue weighted by Crippen LogP contribution is 2.26. The highest BCUT2D eigenvalue weighted by atomic mass is 19.3. The number of halogens is 3. The van der Waals surface area contributed by atoms with Crippen molar-refractivity contribution in [1.29, 1.82) is 0 Å². The van der Waals surface area contributed by atoms with Crippen molar-refractivity contribution in [3.63, 3.8) is 0 Å². The summed E-state index contributed by atoms with van der Waals surface area (Å²) in [6.45, 7) is -1.05. The number of nitrogens with one attached hydrogen (secondary N) is 1. The zero-order chi connectivity index (χ0) is 21.8. The average Bonchev–Trinajstić information content (AvgIpc) is 3.25. The van der Waals surface area contributed by atoms with Crippen molar-refractivity contribution < 1.29 is 22.6 Å². The molecule has 2 aromatic carbocycles. The van der Waals surface area contributed by atoms with Gasteiger partial charge in [0.2, 0.25) is 0 Å². The molecular formula is C21H20F3N5O2. The molecule has 10 heteroatoms. The fraction of sp³-hybridized carbons (Fsp3) is 0.238. The van der Waals surface area contributed by atoms with Crippen molar-refractivity contribution in [2.45, 2.75) is 12.7 Å². The summed E-state index contributed by atoms with van der Waals surface area (Å²) in [5.74, 6) is -0.205. The van der Waals surface area contributed by atoms with Crippen molar-refractivity contribution in [3.8, 4) is 11.4 Å². The lowest BCUT2D eigenvalue weighted by molar-refractivity contribution is -0.0498. The van der Waals surface area contributed by atoms with E-state index in [0.29, 0.717) is 35.7 Å². The van der Waals surface area contributed by atoms with E-state index in [1.165, 1.54) is 29.1 Å². The first-order valence-electron chi connectivity index (χ1n) is 9.56. The third-order valence-electron chi connectivity index (χ3n) is 4.71. The molecular weight excluding hydrogens is 411 g/mol. The fourth-order valence-electron chi connectivity index (χ4n) is 3.19. The number of alkyl halides is 2. The van der Waals surface area contributed by atoms with E-state index in [0.717, 1.165) is 6.54 Å². The Kier molecular flexibility index (Phi) is 6.19. The van der Waals surface area contributed by atoms with Crippen LogP contribution in [0.5, 0.6) is 5.75 Å². The van der Waals surface area contributed by atoms with Crippen LogP contribution in [0.2, 0.25) is 0 Å². The number of hydrogen-bond donors (Lipinski definition) is 2. The summed E-state index contributed by atoms with van der Waals surface area (Å²) in [4.78, 5) is 4.27. The van der Waals surface area contributed by atoms with Crippen LogP contribution in [0.3, 0.4) is 0 Å². The van der Waals surface area contributed by atoms with E-state index >= 15 is 0 Å². The van der Waals surface area contributed by atoms with E-state index in [4.69, 9.17) is 10.5 Å². The molecule has 1 aliphatic rings. The Morgan fingerprint density at radius 1 is 1.26 bits per heavy atom. The molecule has 1 aliphatic heterocycles. The summed E-state index contributed by atoms with van der Waals surface area (Å²) < 4.78 is 50.5. The van der Waals surface area contributed by atoms with Crippen molar-refractivity contribution in [2.75, 3.05) is 19.7 Å². The molecule has 3 aromatic rings. The average molecular weight is 431 g/mol. The first-order valence-corrected chi connectivity index (χ1v) is 9.56. The van der Waals surface area contributed by atoms with Gasteiger partial charge in [-0.05, 0) is 36.4 Å². The largest absolute Gasteiger partial charge is 0.435 e. The van der Waals surface area contributed by atoms with Gasteiger partial charge in [0, 0.05) is 24.8 Å². The number of amidine groups is 1. The fourth-order valence-corrected chi connectivity index (χ4v) is 3.19. The van der Waals surface area contributed by atoms with E-state index in [9.17, 15) is 13.2 Å². The van der Waals surface area contributed by atoms with Crippen LogP contribution in [0, 0.1) is 5.82 Å². The second kappa shape index (κ2) is 9.19. The molecule has 0 spiro atoms. The summed E-state index contributed by atoms with van der Waals surface area (Å²) in [6, 6.07) is 10.6. The van der Waals surface area contributed by atoms with Gasteiger partial charge in [0.05, 0.1) is 35.8 Å². The van der Waals surface area contributed by atoms with Gasteiger partial charge in [-0.1, -0.05) is 6.07 Å². The van der Waals surface area contributed by atoms with E-state index in [1.807, 2.05) is 0 Å². The Bertz CT molecular complexity index is 1060. The second-order valence-corrected chi connectivity index (χ2v) is 6.81. The van der Waals surface area contributed by atoms with Crippen molar-refractivity contribution in [3.05, 3.63) is 71.8 Å². The normalized spacial score (nSPS) is 17.2. The quantitative estimate of drug-likeness (QED) is 0.462. The highest BCUT2D eigenvalue weighted by Gasteiger charge is 2.19. The maximum Gasteiger partial charge on any atom is 0.387 e. The number of aromatic nitrogens is 2. The molecule has 31 heavy (non-hydrogen) atoms. The molecule has 162 valence electrons. The van der Waals surface area contributed by atoms with Crippen LogP contribution in [0.1, 0.15) is 17.2 Å². The molecule has 4 rings (SSSR count). The Morgan fingerprint density at radius 2 is 2.06 bits per heavy atom. The van der Waals surface area contributed by atoms with Crippen LogP contribution in [-0.4, -0.2) is 41.9 Å². The summed E-state index contributed by atoms with van der Waals surface area (Å²) in [5, 5.41) is 7.37. The van der Waals surface area contributed by atoms with Gasteiger partial charge in [-0.25, -0.2) is 14.1 Å². The molecule has 0 aliphatic carbocycles. The van der Waals surface area contributed by atoms with Crippen LogP contribution >= 0.6 is 0 Å². The Balaban J connectivity index is 1.49. The number of rotatable bonds is 6. The maximum atomic E-state index is 14.5. The molecule has 1 fully saturated rings. The molecule has 0 bridgehead atoms. The van der Waals surface area contributed by atoms with Crippen LogP contribution in [0.15, 0.2) is 59.9 Å². The van der Waals surface area contributed by atoms with Gasteiger partial charge in [0.1, 0.15) is 17.4 Å². The summed E-state index contributed by atoms with van der Waals surface area (Å²) >= 11 is 0. The lowest BCUT2D eigenvalue weighted by Gasteiger charge is -2.24. The van der Waals surface area contributed by atoms with Crippen LogP contribution in [-0.2, 0) is 4.74 Å². The van der Waals surface area contributed by atoms with Gasteiger partial charge in [-0.3, -0.25) is 0 Å². The molecule has 0 radical (unpaired) electrons. The predicted octanol–water partition coefficient (Wildman–Crippen LogP) is 3.31. The van der Waals surface area contributed by atoms with E-state index in [1.54, 1.807) is 30.5 Å². The number of nitrogens with two attached hydrogens (primary N) is 1. The van der Waals surface area contributed by atoms with Gasteiger partial charge in [0.25, 0.3) is 0 Å². The third kappa shape index (κ3) is 5.04. The highest BCUT2D eigenvalue weighted by molar-refractivity contribution is 5.98. The van der Waals surface area contributed by atoms with Crippen LogP contribution < -0.4 is 15.8 Å². The number of morpholine rings is 1. The minimum absolute atomic E-state index is 0.0482. The minimum atomic E-state index is -2.89. The molecule has 1 aromatic heterocycles. The Morgan fingerprint density at radius 3 is 2.74 bits per heavy atom. The van der Waals surface area contributed by atoms with Crippen molar-refractivity contribution >= 4 is 11.5 Å². The smallest absolute Gasteiger partial charge is 0.387 e. The monoisotopic (exact) mass is 431 g/mol. The first kappa shape index (κ1) is 20.9. The third-order valence-corrected chi connectivity index (χ3v) is 4.71. The predicted molar refractivity (Wildman–Crippen MR) is 109 cm³/mol. The molecule has 2 heterocycles. The zero-order valence-corrected chi connectivity index (χ0v) is 16.3. The van der Waals surface area contributed by atoms with Crippen molar-refractivity contribution in [2.24, 2.45) is 10.7 Å². The first-order chi connectivity index (χ1) is 15.0. The van der Waals surface area contributed by atoms with E-state index < -0.39 is 12.4 Å². The number of nitrogens with zero attached hydrogens (tertiary/aromatic N) is 3. The number of benzene rings is 2. The van der Waals surface area contributed by atoms with Gasteiger partial charge in [0.15, 0.2) is 0 Å². The van der Waals surface area contributed by atoms with E-state index in [2.05, 4.69) is 20.1 Å². The molecule has 3 N–H and O–H groups in total. The molecule has 1 atom stereocenters. The molecule has 0 unspecified atom stereocenters. The van der Waals surface area contributed by atoms with Gasteiger partial charge < -0.3 is 20.5 Å². The van der Waals surface area contributed by atoms with Crippen molar-refractivity contribution in [1.82, 2.24) is 15.1 Å². The summed E-state index contributed by atoms with van der Waals surface area (Å²) in [7, 11) is 0. The number of aliphatic imine (C=N–C) groups is 1. The van der Waals surface area contributed by atoms with Gasteiger partial charge in [-0.2, -0.15) is 13.9 Å². The maximum absolute atomic E-state index is 14.5. The number of hydrogen-bond acceptors (Lipinski definition) is 5. The SMILES string of the molecule is NC(=Nc1ccc([C@@H]2CNCCO2)c(F)c1)c1cnn(-c2ccc(OC(F)F)cc2)c1. The molecule has 1 saturated heterocycles. The Hall–Kier alpha value is -3.37. The number of ether oxygens (including phenoxy) is 2. The molecule has 7 nitrogen and oxygen atoms in total. The topological polar surface area (TPSA) is 86.7 Å². The molecule has 0 saturated carbocycles.